The van der Waals surface area contributed by atoms with E-state index in [-0.39, 0.29) is 18.0 Å². The SMILES string of the molecule is CNc1ccnc(COc2cc([N+](=O)[O-])ccc2Cl)c1. The molecule has 1 aromatic carbocycles. The van der Waals surface area contributed by atoms with Crippen molar-refractivity contribution in [2.75, 3.05) is 12.4 Å². The van der Waals surface area contributed by atoms with Gasteiger partial charge >= 0.3 is 0 Å². The highest BCUT2D eigenvalue weighted by Crippen LogP contribution is 2.29. The number of anilines is 1. The Morgan fingerprint density at radius 1 is 1.40 bits per heavy atom. The maximum atomic E-state index is 10.7. The molecule has 20 heavy (non-hydrogen) atoms. The average Bonchev–Trinajstić information content (AvgIpc) is 2.46. The lowest BCUT2D eigenvalue weighted by molar-refractivity contribution is -0.384. The predicted molar refractivity (Wildman–Crippen MR) is 76.2 cm³/mol. The Balaban J connectivity index is 2.13. The zero-order valence-electron chi connectivity index (χ0n) is 10.7. The summed E-state index contributed by atoms with van der Waals surface area (Å²) in [5.74, 6) is 0.262. The van der Waals surface area contributed by atoms with Crippen LogP contribution in [0.25, 0.3) is 0 Å². The van der Waals surface area contributed by atoms with Crippen molar-refractivity contribution in [2.24, 2.45) is 0 Å². The highest BCUT2D eigenvalue weighted by Gasteiger charge is 2.11. The Morgan fingerprint density at radius 3 is 2.90 bits per heavy atom. The molecule has 0 spiro atoms. The Morgan fingerprint density at radius 2 is 2.20 bits per heavy atom. The van der Waals surface area contributed by atoms with E-state index < -0.39 is 4.92 Å². The second-order valence-electron chi connectivity index (χ2n) is 3.95. The van der Waals surface area contributed by atoms with Gasteiger partial charge in [-0.25, -0.2) is 0 Å². The van der Waals surface area contributed by atoms with E-state index in [9.17, 15) is 10.1 Å². The number of nitro groups is 1. The summed E-state index contributed by atoms with van der Waals surface area (Å²) < 4.78 is 5.49. The molecule has 0 aliphatic rings. The number of pyridine rings is 1. The quantitative estimate of drug-likeness (QED) is 0.676. The highest BCUT2D eigenvalue weighted by atomic mass is 35.5. The van der Waals surface area contributed by atoms with Gasteiger partial charge in [-0.15, -0.1) is 0 Å². The molecule has 0 bridgehead atoms. The number of rotatable bonds is 5. The number of ether oxygens (including phenoxy) is 1. The first-order valence-electron chi connectivity index (χ1n) is 5.79. The van der Waals surface area contributed by atoms with Gasteiger partial charge < -0.3 is 10.1 Å². The molecule has 0 fully saturated rings. The molecule has 0 unspecified atom stereocenters. The Labute approximate surface area is 120 Å². The third kappa shape index (κ3) is 3.36. The minimum Gasteiger partial charge on any atom is -0.485 e. The van der Waals surface area contributed by atoms with Crippen molar-refractivity contribution in [2.45, 2.75) is 6.61 Å². The van der Waals surface area contributed by atoms with E-state index in [4.69, 9.17) is 16.3 Å². The zero-order valence-corrected chi connectivity index (χ0v) is 11.4. The second kappa shape index (κ2) is 6.21. The van der Waals surface area contributed by atoms with Crippen LogP contribution in [0.1, 0.15) is 5.69 Å². The van der Waals surface area contributed by atoms with E-state index in [2.05, 4.69) is 10.3 Å². The number of hydrogen-bond acceptors (Lipinski definition) is 5. The van der Waals surface area contributed by atoms with Gasteiger partial charge in [0.15, 0.2) is 0 Å². The smallest absolute Gasteiger partial charge is 0.273 e. The summed E-state index contributed by atoms with van der Waals surface area (Å²) in [5.41, 5.74) is 1.53. The maximum Gasteiger partial charge on any atom is 0.273 e. The van der Waals surface area contributed by atoms with Gasteiger partial charge in [-0.3, -0.25) is 15.1 Å². The standard InChI is InChI=1S/C13H12ClN3O3/c1-15-9-4-5-16-10(6-9)8-20-13-7-11(17(18)19)2-3-12(13)14/h2-7H,8H2,1H3,(H,15,16). The first kappa shape index (κ1) is 14.1. The lowest BCUT2D eigenvalue weighted by Crippen LogP contribution is -2.00. The summed E-state index contributed by atoms with van der Waals surface area (Å²) in [5, 5.41) is 14.0. The molecule has 2 rings (SSSR count). The fourth-order valence-electron chi connectivity index (χ4n) is 1.58. The van der Waals surface area contributed by atoms with Gasteiger partial charge in [-0.05, 0) is 18.2 Å². The van der Waals surface area contributed by atoms with E-state index in [1.54, 1.807) is 13.2 Å². The molecule has 1 aromatic heterocycles. The first-order chi connectivity index (χ1) is 9.60. The maximum absolute atomic E-state index is 10.7. The zero-order chi connectivity index (χ0) is 14.5. The number of halogens is 1. The monoisotopic (exact) mass is 293 g/mol. The number of nitro benzene ring substituents is 1. The molecule has 0 saturated carbocycles. The molecule has 0 atom stereocenters. The summed E-state index contributed by atoms with van der Waals surface area (Å²) >= 11 is 5.95. The number of nitrogens with one attached hydrogen (secondary N) is 1. The van der Waals surface area contributed by atoms with E-state index >= 15 is 0 Å². The molecule has 7 heteroatoms. The van der Waals surface area contributed by atoms with Crippen molar-refractivity contribution >= 4 is 23.0 Å². The summed E-state index contributed by atoms with van der Waals surface area (Å²) in [6.45, 7) is 0.177. The Bertz CT molecular complexity index is 634. The second-order valence-corrected chi connectivity index (χ2v) is 4.35. The molecule has 1 N–H and O–H groups in total. The Kier molecular flexibility index (Phi) is 4.37. The predicted octanol–water partition coefficient (Wildman–Crippen LogP) is 3.26. The largest absolute Gasteiger partial charge is 0.485 e. The average molecular weight is 294 g/mol. The van der Waals surface area contributed by atoms with Gasteiger partial charge in [0.2, 0.25) is 0 Å². The van der Waals surface area contributed by atoms with Crippen LogP contribution in [-0.2, 0) is 6.61 Å². The highest BCUT2D eigenvalue weighted by molar-refractivity contribution is 6.32. The topological polar surface area (TPSA) is 77.3 Å². The molecule has 104 valence electrons. The molecule has 6 nitrogen and oxygen atoms in total. The number of non-ortho nitro benzene ring substituents is 1. The van der Waals surface area contributed by atoms with Crippen molar-refractivity contribution < 1.29 is 9.66 Å². The number of nitrogens with zero attached hydrogens (tertiary/aromatic N) is 2. The van der Waals surface area contributed by atoms with E-state index in [1.165, 1.54) is 18.2 Å². The summed E-state index contributed by atoms with van der Waals surface area (Å²) in [7, 11) is 1.80. The van der Waals surface area contributed by atoms with Crippen LogP contribution >= 0.6 is 11.6 Å². The van der Waals surface area contributed by atoms with E-state index in [0.717, 1.165) is 5.69 Å². The van der Waals surface area contributed by atoms with Gasteiger partial charge in [-0.2, -0.15) is 0 Å². The van der Waals surface area contributed by atoms with Crippen LogP contribution in [0.5, 0.6) is 5.75 Å². The van der Waals surface area contributed by atoms with Crippen molar-refractivity contribution in [3.63, 3.8) is 0 Å². The lowest BCUT2D eigenvalue weighted by atomic mass is 10.3. The third-order valence-corrected chi connectivity index (χ3v) is 2.92. The fourth-order valence-corrected chi connectivity index (χ4v) is 1.75. The van der Waals surface area contributed by atoms with Crippen LogP contribution in [-0.4, -0.2) is 17.0 Å². The van der Waals surface area contributed by atoms with Gasteiger partial charge in [0, 0.05) is 25.0 Å². The molecule has 1 heterocycles. The van der Waals surface area contributed by atoms with E-state index in [0.29, 0.717) is 10.7 Å². The van der Waals surface area contributed by atoms with Crippen molar-refractivity contribution in [1.29, 1.82) is 0 Å². The minimum absolute atomic E-state index is 0.0682. The first-order valence-corrected chi connectivity index (χ1v) is 6.17. The normalized spacial score (nSPS) is 10.1. The molecule has 0 amide bonds. The minimum atomic E-state index is -0.497. The third-order valence-electron chi connectivity index (χ3n) is 2.61. The van der Waals surface area contributed by atoms with Crippen molar-refractivity contribution in [3.8, 4) is 5.75 Å². The molecular weight excluding hydrogens is 282 g/mol. The van der Waals surface area contributed by atoms with Crippen LogP contribution < -0.4 is 10.1 Å². The van der Waals surface area contributed by atoms with E-state index in [1.807, 2.05) is 12.1 Å². The molecule has 0 radical (unpaired) electrons. The van der Waals surface area contributed by atoms with Gasteiger partial charge in [0.05, 0.1) is 21.7 Å². The number of hydrogen-bond donors (Lipinski definition) is 1. The molecule has 2 aromatic rings. The summed E-state index contributed by atoms with van der Waals surface area (Å²) in [6.07, 6.45) is 1.65. The molecular formula is C13H12ClN3O3. The van der Waals surface area contributed by atoms with Crippen LogP contribution in [0, 0.1) is 10.1 Å². The summed E-state index contributed by atoms with van der Waals surface area (Å²) in [6, 6.07) is 7.71. The van der Waals surface area contributed by atoms with Crippen molar-refractivity contribution in [1.82, 2.24) is 4.98 Å². The molecule has 0 saturated heterocycles. The van der Waals surface area contributed by atoms with Gasteiger partial charge in [-0.1, -0.05) is 11.6 Å². The molecule has 0 aliphatic carbocycles. The molecule has 0 aliphatic heterocycles. The Hall–Kier alpha value is -2.34. The van der Waals surface area contributed by atoms with Crippen LogP contribution in [0.2, 0.25) is 5.02 Å². The lowest BCUT2D eigenvalue weighted by Gasteiger charge is -2.08. The van der Waals surface area contributed by atoms with Crippen LogP contribution in [0.4, 0.5) is 11.4 Å². The fraction of sp³-hybridized carbons (Fsp3) is 0.154. The van der Waals surface area contributed by atoms with Crippen molar-refractivity contribution in [3.05, 3.63) is 57.4 Å². The summed E-state index contributed by atoms with van der Waals surface area (Å²) in [4.78, 5) is 14.4. The van der Waals surface area contributed by atoms with Gasteiger partial charge in [0.1, 0.15) is 12.4 Å². The van der Waals surface area contributed by atoms with Gasteiger partial charge in [0.25, 0.3) is 5.69 Å². The van der Waals surface area contributed by atoms with Crippen LogP contribution in [0.3, 0.4) is 0 Å². The number of aromatic nitrogens is 1. The van der Waals surface area contributed by atoms with Crippen LogP contribution in [0.15, 0.2) is 36.5 Å². The number of benzene rings is 1.